The van der Waals surface area contributed by atoms with Crippen molar-refractivity contribution >= 4 is 34.9 Å². The molecule has 1 aliphatic heterocycles. The van der Waals surface area contributed by atoms with Gasteiger partial charge in [-0.3, -0.25) is 9.69 Å². The van der Waals surface area contributed by atoms with E-state index in [2.05, 4.69) is 5.32 Å². The molecule has 0 aromatic heterocycles. The Labute approximate surface area is 211 Å². The van der Waals surface area contributed by atoms with Crippen LogP contribution in [-0.4, -0.2) is 37.0 Å². The quantitative estimate of drug-likeness (QED) is 0.401. The first kappa shape index (κ1) is 24.6. The number of halogens is 1. The molecular formula is C28H30ClN3O3. The topological polar surface area (TPSA) is 61.9 Å². The molecule has 1 aliphatic rings. The minimum Gasteiger partial charge on any atom is -0.497 e. The Kier molecular flexibility index (Phi) is 7.93. The first-order valence-corrected chi connectivity index (χ1v) is 12.2. The van der Waals surface area contributed by atoms with Crippen molar-refractivity contribution in [2.75, 3.05) is 30.4 Å². The molecule has 1 heterocycles. The van der Waals surface area contributed by atoms with Gasteiger partial charge in [-0.15, -0.1) is 0 Å². The van der Waals surface area contributed by atoms with Gasteiger partial charge in [0, 0.05) is 30.7 Å². The van der Waals surface area contributed by atoms with Gasteiger partial charge in [0.1, 0.15) is 5.75 Å². The number of carbonyl (C=O) groups excluding carboxylic acids is 2. The van der Waals surface area contributed by atoms with Crippen molar-refractivity contribution in [2.24, 2.45) is 0 Å². The predicted octanol–water partition coefficient (Wildman–Crippen LogP) is 6.31. The Bertz CT molecular complexity index is 1190. The second-order valence-corrected chi connectivity index (χ2v) is 9.02. The molecular weight excluding hydrogens is 462 g/mol. The van der Waals surface area contributed by atoms with E-state index in [4.69, 9.17) is 16.3 Å². The van der Waals surface area contributed by atoms with E-state index in [9.17, 15) is 9.59 Å². The van der Waals surface area contributed by atoms with Gasteiger partial charge < -0.3 is 15.0 Å². The third kappa shape index (κ3) is 5.77. The van der Waals surface area contributed by atoms with Crippen LogP contribution in [0.1, 0.15) is 36.8 Å². The third-order valence-corrected chi connectivity index (χ3v) is 6.49. The maximum Gasteiger partial charge on any atom is 0.324 e. The Hall–Kier alpha value is -3.51. The fourth-order valence-electron chi connectivity index (χ4n) is 4.46. The van der Waals surface area contributed by atoms with Crippen molar-refractivity contribution in [2.45, 2.75) is 32.2 Å². The molecule has 0 bridgehead atoms. The van der Waals surface area contributed by atoms with E-state index in [1.165, 1.54) is 0 Å². The summed E-state index contributed by atoms with van der Waals surface area (Å²) in [4.78, 5) is 30.4. The molecule has 1 fully saturated rings. The van der Waals surface area contributed by atoms with Crippen LogP contribution in [0.3, 0.4) is 0 Å². The first-order chi connectivity index (χ1) is 17.0. The Morgan fingerprint density at radius 3 is 2.57 bits per heavy atom. The van der Waals surface area contributed by atoms with Crippen LogP contribution in [0.5, 0.6) is 5.75 Å². The van der Waals surface area contributed by atoms with Crippen LogP contribution in [0.15, 0.2) is 72.8 Å². The van der Waals surface area contributed by atoms with Crippen LogP contribution >= 0.6 is 11.6 Å². The lowest BCUT2D eigenvalue weighted by Gasteiger charge is -2.36. The number of carbonyl (C=O) groups is 2. The molecule has 0 spiro atoms. The van der Waals surface area contributed by atoms with Crippen LogP contribution in [0.25, 0.3) is 0 Å². The molecule has 0 saturated carbocycles. The number of ether oxygens (including phenoxy) is 1. The number of benzene rings is 3. The normalized spacial score (nSPS) is 14.5. The number of amides is 3. The molecule has 0 unspecified atom stereocenters. The van der Waals surface area contributed by atoms with E-state index in [1.54, 1.807) is 18.1 Å². The molecule has 0 radical (unpaired) electrons. The number of hydrogen-bond donors (Lipinski definition) is 1. The van der Waals surface area contributed by atoms with Crippen LogP contribution in [0, 0.1) is 0 Å². The van der Waals surface area contributed by atoms with Crippen molar-refractivity contribution in [3.05, 3.63) is 88.9 Å². The van der Waals surface area contributed by atoms with Gasteiger partial charge in [-0.25, -0.2) is 4.79 Å². The number of methoxy groups -OCH3 is 1. The van der Waals surface area contributed by atoms with Gasteiger partial charge in [0.05, 0.1) is 24.4 Å². The highest BCUT2D eigenvalue weighted by Gasteiger charge is 2.29. The molecule has 6 nitrogen and oxygen atoms in total. The Morgan fingerprint density at radius 2 is 1.86 bits per heavy atom. The van der Waals surface area contributed by atoms with Crippen molar-refractivity contribution in [1.82, 2.24) is 4.90 Å². The highest BCUT2D eigenvalue weighted by atomic mass is 35.5. The van der Waals surface area contributed by atoms with Crippen LogP contribution in [-0.2, 0) is 11.3 Å². The van der Waals surface area contributed by atoms with Crippen molar-refractivity contribution < 1.29 is 14.3 Å². The van der Waals surface area contributed by atoms with Gasteiger partial charge in [0.25, 0.3) is 0 Å². The second kappa shape index (κ2) is 11.3. The molecule has 3 aromatic carbocycles. The average Bonchev–Trinajstić information content (AvgIpc) is 2.87. The van der Waals surface area contributed by atoms with Crippen LogP contribution in [0.2, 0.25) is 5.02 Å². The van der Waals surface area contributed by atoms with Gasteiger partial charge in [-0.05, 0) is 48.2 Å². The maximum atomic E-state index is 13.5. The summed E-state index contributed by atoms with van der Waals surface area (Å²) in [7, 11) is 1.58. The lowest BCUT2D eigenvalue weighted by Crippen LogP contribution is -2.49. The van der Waals surface area contributed by atoms with E-state index >= 15 is 0 Å². The molecule has 0 aliphatic carbocycles. The number of urea groups is 1. The molecule has 7 heteroatoms. The predicted molar refractivity (Wildman–Crippen MR) is 140 cm³/mol. The maximum absolute atomic E-state index is 13.5. The highest BCUT2D eigenvalue weighted by Crippen LogP contribution is 2.34. The van der Waals surface area contributed by atoms with E-state index < -0.39 is 0 Å². The Balaban J connectivity index is 1.59. The zero-order chi connectivity index (χ0) is 24.8. The largest absolute Gasteiger partial charge is 0.497 e. The van der Waals surface area contributed by atoms with E-state index in [0.717, 1.165) is 17.5 Å². The average molecular weight is 492 g/mol. The second-order valence-electron chi connectivity index (χ2n) is 8.58. The minimum atomic E-state index is -0.299. The summed E-state index contributed by atoms with van der Waals surface area (Å²) in [5.74, 6) is 0.192. The summed E-state index contributed by atoms with van der Waals surface area (Å²) in [5.41, 5.74) is 3.15. The molecule has 35 heavy (non-hydrogen) atoms. The lowest BCUT2D eigenvalue weighted by molar-refractivity contribution is -0.117. The van der Waals surface area contributed by atoms with Gasteiger partial charge in [-0.1, -0.05) is 61.0 Å². The summed E-state index contributed by atoms with van der Waals surface area (Å²) >= 11 is 6.14. The zero-order valence-electron chi connectivity index (χ0n) is 20.0. The van der Waals surface area contributed by atoms with E-state index in [-0.39, 0.29) is 17.9 Å². The van der Waals surface area contributed by atoms with Gasteiger partial charge in [0.15, 0.2) is 0 Å². The van der Waals surface area contributed by atoms with Crippen molar-refractivity contribution in [3.63, 3.8) is 0 Å². The van der Waals surface area contributed by atoms with Crippen molar-refractivity contribution in [3.8, 4) is 5.75 Å². The SMILES string of the molecule is CC[C@@H](C(=O)Nc1cc(OC)ccc1N1CCCN(Cc2cccc(Cl)c2)C1=O)c1ccccc1. The van der Waals surface area contributed by atoms with E-state index in [1.807, 2.05) is 78.6 Å². The monoisotopic (exact) mass is 491 g/mol. The fraction of sp³-hybridized carbons (Fsp3) is 0.286. The standard InChI is InChI=1S/C28H30ClN3O3/c1-3-24(21-10-5-4-6-11-21)27(33)30-25-18-23(35-2)13-14-26(25)32-16-8-15-31(28(32)34)19-20-9-7-12-22(29)17-20/h4-7,9-14,17-18,24H,3,8,15-16,19H2,1-2H3,(H,30,33)/t24-/m1/s1. The van der Waals surface area contributed by atoms with Crippen molar-refractivity contribution in [1.29, 1.82) is 0 Å². The molecule has 3 aromatic rings. The smallest absolute Gasteiger partial charge is 0.324 e. The van der Waals surface area contributed by atoms with Gasteiger partial charge in [-0.2, -0.15) is 0 Å². The third-order valence-electron chi connectivity index (χ3n) is 6.25. The lowest BCUT2D eigenvalue weighted by atomic mass is 9.95. The number of nitrogens with zero attached hydrogens (tertiary/aromatic N) is 2. The molecule has 1 atom stereocenters. The van der Waals surface area contributed by atoms with Crippen LogP contribution < -0.4 is 15.0 Å². The van der Waals surface area contributed by atoms with E-state index in [0.29, 0.717) is 48.2 Å². The first-order valence-electron chi connectivity index (χ1n) is 11.8. The number of hydrogen-bond acceptors (Lipinski definition) is 3. The van der Waals surface area contributed by atoms with Gasteiger partial charge >= 0.3 is 6.03 Å². The molecule has 3 amide bonds. The van der Waals surface area contributed by atoms with Gasteiger partial charge in [0.2, 0.25) is 5.91 Å². The summed E-state index contributed by atoms with van der Waals surface area (Å²) in [6.07, 6.45) is 1.47. The summed E-state index contributed by atoms with van der Waals surface area (Å²) in [5, 5.41) is 3.72. The van der Waals surface area contributed by atoms with Crippen LogP contribution in [0.4, 0.5) is 16.2 Å². The molecule has 1 saturated heterocycles. The minimum absolute atomic E-state index is 0.105. The zero-order valence-corrected chi connectivity index (χ0v) is 20.8. The summed E-state index contributed by atoms with van der Waals surface area (Å²) in [6.45, 7) is 3.69. The number of rotatable bonds is 8. The Morgan fingerprint density at radius 1 is 1.06 bits per heavy atom. The molecule has 4 rings (SSSR count). The number of nitrogens with one attached hydrogen (secondary N) is 1. The summed E-state index contributed by atoms with van der Waals surface area (Å²) < 4.78 is 5.41. The fourth-order valence-corrected chi connectivity index (χ4v) is 4.68. The summed E-state index contributed by atoms with van der Waals surface area (Å²) in [6, 6.07) is 22.6. The molecule has 1 N–H and O–H groups in total. The number of anilines is 2. The molecule has 182 valence electrons. The highest BCUT2D eigenvalue weighted by molar-refractivity contribution is 6.30.